The number of rotatable bonds is 8. The first-order valence-electron chi connectivity index (χ1n) is 7.04. The van der Waals surface area contributed by atoms with E-state index in [-0.39, 0.29) is 5.91 Å². The van der Waals surface area contributed by atoms with Gasteiger partial charge in [-0.05, 0) is 46.5 Å². The highest BCUT2D eigenvalue weighted by molar-refractivity contribution is 5.76. The lowest BCUT2D eigenvalue weighted by atomic mass is 10.2. The van der Waals surface area contributed by atoms with E-state index < -0.39 is 6.10 Å². The fraction of sp³-hybridized carbons (Fsp3) is 0.667. The van der Waals surface area contributed by atoms with Crippen LogP contribution in [0.1, 0.15) is 31.3 Å². The molecule has 0 bridgehead atoms. The maximum Gasteiger partial charge on any atom is 0.223 e. The van der Waals surface area contributed by atoms with Crippen LogP contribution in [0, 0.1) is 6.92 Å². The summed E-state index contributed by atoms with van der Waals surface area (Å²) < 4.78 is 5.54. The molecule has 0 aliphatic rings. The maximum atomic E-state index is 12.2. The van der Waals surface area contributed by atoms with Gasteiger partial charge in [0.25, 0.3) is 0 Å². The molecule has 0 saturated carbocycles. The quantitative estimate of drug-likeness (QED) is 0.787. The summed E-state index contributed by atoms with van der Waals surface area (Å²) in [6.07, 6.45) is 0.416. The molecule has 1 unspecified atom stereocenters. The smallest absolute Gasteiger partial charge is 0.223 e. The van der Waals surface area contributed by atoms with E-state index in [0.29, 0.717) is 25.9 Å². The van der Waals surface area contributed by atoms with Crippen molar-refractivity contribution >= 4 is 5.91 Å². The van der Waals surface area contributed by atoms with Gasteiger partial charge < -0.3 is 19.3 Å². The van der Waals surface area contributed by atoms with Crippen LogP contribution in [0.3, 0.4) is 0 Å². The Hall–Kier alpha value is -1.33. The van der Waals surface area contributed by atoms with E-state index in [1.807, 2.05) is 38.1 Å². The molecule has 1 aromatic rings. The number of likely N-dealkylation sites (N-methyl/N-ethyl adjacent to an activating group) is 1. The minimum absolute atomic E-state index is 0.0572. The van der Waals surface area contributed by atoms with Crippen molar-refractivity contribution in [1.29, 1.82) is 0 Å². The zero-order chi connectivity index (χ0) is 15.1. The first-order chi connectivity index (χ1) is 9.38. The van der Waals surface area contributed by atoms with Gasteiger partial charge in [-0.2, -0.15) is 0 Å². The van der Waals surface area contributed by atoms with E-state index in [1.54, 1.807) is 11.8 Å². The molecule has 1 amide bonds. The van der Waals surface area contributed by atoms with Crippen molar-refractivity contribution in [3.05, 3.63) is 23.7 Å². The number of carbonyl (C=O) groups excluding carboxylic acids is 1. The lowest BCUT2D eigenvalue weighted by molar-refractivity contribution is -0.132. The van der Waals surface area contributed by atoms with Crippen LogP contribution in [-0.2, 0) is 11.3 Å². The highest BCUT2D eigenvalue weighted by Crippen LogP contribution is 2.11. The fourth-order valence-corrected chi connectivity index (χ4v) is 1.86. The second-order valence-corrected chi connectivity index (χ2v) is 5.52. The van der Waals surface area contributed by atoms with Crippen molar-refractivity contribution in [1.82, 2.24) is 9.80 Å². The van der Waals surface area contributed by atoms with Crippen LogP contribution in [-0.4, -0.2) is 54.1 Å². The number of aryl methyl sites for hydroxylation is 1. The Labute approximate surface area is 121 Å². The first-order valence-corrected chi connectivity index (χ1v) is 7.04. The molecule has 0 aliphatic carbocycles. The van der Waals surface area contributed by atoms with Gasteiger partial charge >= 0.3 is 0 Å². The molecule has 0 spiro atoms. The van der Waals surface area contributed by atoms with Gasteiger partial charge in [-0.3, -0.25) is 4.79 Å². The van der Waals surface area contributed by atoms with E-state index in [4.69, 9.17) is 4.42 Å². The number of hydrogen-bond donors (Lipinski definition) is 1. The Balaban J connectivity index is 2.61. The van der Waals surface area contributed by atoms with Crippen molar-refractivity contribution in [3.8, 4) is 0 Å². The number of amides is 1. The van der Waals surface area contributed by atoms with Crippen molar-refractivity contribution in [2.24, 2.45) is 0 Å². The highest BCUT2D eigenvalue weighted by Gasteiger charge is 2.16. The Morgan fingerprint density at radius 1 is 1.35 bits per heavy atom. The first kappa shape index (κ1) is 16.7. The Kier molecular flexibility index (Phi) is 6.75. The maximum absolute atomic E-state index is 12.2. The average Bonchev–Trinajstić information content (AvgIpc) is 2.76. The Bertz CT molecular complexity index is 413. The molecule has 1 heterocycles. The van der Waals surface area contributed by atoms with Crippen molar-refractivity contribution < 1.29 is 14.3 Å². The highest BCUT2D eigenvalue weighted by atomic mass is 16.3. The summed E-state index contributed by atoms with van der Waals surface area (Å²) >= 11 is 0. The molecule has 0 radical (unpaired) electrons. The predicted molar refractivity (Wildman–Crippen MR) is 78.3 cm³/mol. The fourth-order valence-electron chi connectivity index (χ4n) is 1.86. The Morgan fingerprint density at radius 2 is 2.05 bits per heavy atom. The molecule has 0 aromatic carbocycles. The van der Waals surface area contributed by atoms with Crippen molar-refractivity contribution in [2.75, 3.05) is 27.2 Å². The SMILES string of the molecule is Cc1ccc(CN(CCN(C)C)C(=O)CCC(C)O)o1. The molecule has 114 valence electrons. The minimum atomic E-state index is -0.444. The summed E-state index contributed by atoms with van der Waals surface area (Å²) in [4.78, 5) is 16.1. The lowest BCUT2D eigenvalue weighted by Gasteiger charge is -2.24. The second-order valence-electron chi connectivity index (χ2n) is 5.52. The van der Waals surface area contributed by atoms with Gasteiger partial charge in [0, 0.05) is 19.5 Å². The number of hydrogen-bond acceptors (Lipinski definition) is 4. The van der Waals surface area contributed by atoms with Crippen LogP contribution in [0.15, 0.2) is 16.5 Å². The molecule has 0 aliphatic heterocycles. The largest absolute Gasteiger partial charge is 0.464 e. The van der Waals surface area contributed by atoms with Crippen LogP contribution < -0.4 is 0 Å². The third-order valence-corrected chi connectivity index (χ3v) is 3.09. The lowest BCUT2D eigenvalue weighted by Crippen LogP contribution is -2.36. The summed E-state index contributed by atoms with van der Waals surface area (Å²) in [7, 11) is 3.96. The average molecular weight is 282 g/mol. The summed E-state index contributed by atoms with van der Waals surface area (Å²) in [6, 6.07) is 3.81. The van der Waals surface area contributed by atoms with Crippen molar-refractivity contribution in [3.63, 3.8) is 0 Å². The second kappa shape index (κ2) is 8.07. The third-order valence-electron chi connectivity index (χ3n) is 3.09. The van der Waals surface area contributed by atoms with Gasteiger partial charge in [0.2, 0.25) is 5.91 Å². The molecular formula is C15H26N2O3. The van der Waals surface area contributed by atoms with Crippen LogP contribution >= 0.6 is 0 Å². The summed E-state index contributed by atoms with van der Waals surface area (Å²) in [6.45, 7) is 5.54. The zero-order valence-corrected chi connectivity index (χ0v) is 12.9. The molecule has 5 nitrogen and oxygen atoms in total. The number of nitrogens with zero attached hydrogens (tertiary/aromatic N) is 2. The third kappa shape index (κ3) is 6.21. The predicted octanol–water partition coefficient (Wildman–Crippen LogP) is 1.64. The van der Waals surface area contributed by atoms with E-state index in [0.717, 1.165) is 18.1 Å². The van der Waals surface area contributed by atoms with Crippen LogP contribution in [0.4, 0.5) is 0 Å². The minimum Gasteiger partial charge on any atom is -0.464 e. The van der Waals surface area contributed by atoms with Crippen molar-refractivity contribution in [2.45, 2.75) is 39.3 Å². The van der Waals surface area contributed by atoms with Crippen LogP contribution in [0.5, 0.6) is 0 Å². The number of aliphatic hydroxyl groups is 1. The molecule has 20 heavy (non-hydrogen) atoms. The Morgan fingerprint density at radius 3 is 2.55 bits per heavy atom. The van der Waals surface area contributed by atoms with Gasteiger partial charge in [0.1, 0.15) is 11.5 Å². The molecule has 1 aromatic heterocycles. The number of carbonyl (C=O) groups is 1. The monoisotopic (exact) mass is 282 g/mol. The van der Waals surface area contributed by atoms with Gasteiger partial charge in [-0.1, -0.05) is 0 Å². The van der Waals surface area contributed by atoms with Gasteiger partial charge in [-0.15, -0.1) is 0 Å². The normalized spacial score (nSPS) is 12.7. The molecule has 0 saturated heterocycles. The topological polar surface area (TPSA) is 56.9 Å². The molecule has 1 rings (SSSR count). The molecule has 0 fully saturated rings. The van der Waals surface area contributed by atoms with Crippen LogP contribution in [0.2, 0.25) is 0 Å². The summed E-state index contributed by atoms with van der Waals surface area (Å²) in [5, 5.41) is 9.30. The standard InChI is InChI=1S/C15H26N2O3/c1-12(18)5-8-15(19)17(10-9-16(3)4)11-14-7-6-13(2)20-14/h6-7,12,18H,5,8-11H2,1-4H3. The van der Waals surface area contributed by atoms with Gasteiger partial charge in [0.05, 0.1) is 12.6 Å². The van der Waals surface area contributed by atoms with Crippen LogP contribution in [0.25, 0.3) is 0 Å². The van der Waals surface area contributed by atoms with E-state index in [2.05, 4.69) is 0 Å². The molecular weight excluding hydrogens is 256 g/mol. The van der Waals surface area contributed by atoms with Gasteiger partial charge in [-0.25, -0.2) is 0 Å². The molecule has 1 atom stereocenters. The summed E-state index contributed by atoms with van der Waals surface area (Å²) in [5.41, 5.74) is 0. The van der Waals surface area contributed by atoms with E-state index in [1.165, 1.54) is 0 Å². The molecule has 1 N–H and O–H groups in total. The van der Waals surface area contributed by atoms with E-state index in [9.17, 15) is 9.90 Å². The number of furan rings is 1. The zero-order valence-electron chi connectivity index (χ0n) is 12.9. The number of aliphatic hydroxyl groups excluding tert-OH is 1. The van der Waals surface area contributed by atoms with E-state index >= 15 is 0 Å². The summed E-state index contributed by atoms with van der Waals surface area (Å²) in [5.74, 6) is 1.71. The molecule has 5 heteroatoms. The van der Waals surface area contributed by atoms with Gasteiger partial charge in [0.15, 0.2) is 0 Å².